The van der Waals surface area contributed by atoms with Crippen molar-refractivity contribution in [2.24, 2.45) is 0 Å². The minimum atomic E-state index is -3.52. The standard InChI is InChI=1S/C17H15ClN4O3S2/c1-22(2)27(24,25)13-7-5-12(6-8-13)20-16(23)14-15(18)21-17(26-14)11-4-3-9-19-10-11/h3-10H,1-2H3,(H,20,23). The van der Waals surface area contributed by atoms with Crippen LogP contribution in [0.1, 0.15) is 9.67 Å². The molecule has 1 aromatic carbocycles. The van der Waals surface area contributed by atoms with Gasteiger partial charge in [-0.1, -0.05) is 11.6 Å². The molecule has 0 spiro atoms. The number of carbonyl (C=O) groups is 1. The highest BCUT2D eigenvalue weighted by molar-refractivity contribution is 7.89. The maximum Gasteiger partial charge on any atom is 0.268 e. The number of aromatic nitrogens is 2. The number of rotatable bonds is 5. The molecular formula is C17H15ClN4O3S2. The molecule has 1 N–H and O–H groups in total. The maximum atomic E-state index is 12.5. The third kappa shape index (κ3) is 4.16. The number of thiazole rings is 1. The zero-order chi connectivity index (χ0) is 19.6. The summed E-state index contributed by atoms with van der Waals surface area (Å²) in [7, 11) is -0.613. The first-order valence-electron chi connectivity index (χ1n) is 7.69. The van der Waals surface area contributed by atoms with Crippen molar-refractivity contribution < 1.29 is 13.2 Å². The molecule has 7 nitrogen and oxygen atoms in total. The Bertz CT molecular complexity index is 1070. The highest BCUT2D eigenvalue weighted by Crippen LogP contribution is 2.31. The average Bonchev–Trinajstić information content (AvgIpc) is 3.04. The van der Waals surface area contributed by atoms with Gasteiger partial charge in [0.1, 0.15) is 9.88 Å². The molecule has 0 unspecified atom stereocenters. The van der Waals surface area contributed by atoms with Crippen LogP contribution in [0.15, 0.2) is 53.7 Å². The second-order valence-corrected chi connectivity index (χ2v) is 9.16. The van der Waals surface area contributed by atoms with Gasteiger partial charge in [0.15, 0.2) is 5.15 Å². The van der Waals surface area contributed by atoms with Gasteiger partial charge < -0.3 is 5.32 Å². The minimum Gasteiger partial charge on any atom is -0.321 e. The fraction of sp³-hybridized carbons (Fsp3) is 0.118. The highest BCUT2D eigenvalue weighted by Gasteiger charge is 2.19. The number of pyridine rings is 1. The van der Waals surface area contributed by atoms with Gasteiger partial charge in [-0.3, -0.25) is 9.78 Å². The van der Waals surface area contributed by atoms with Crippen molar-refractivity contribution in [2.45, 2.75) is 4.90 Å². The van der Waals surface area contributed by atoms with Crippen molar-refractivity contribution in [3.05, 3.63) is 58.8 Å². The van der Waals surface area contributed by atoms with E-state index >= 15 is 0 Å². The number of halogens is 1. The van der Waals surface area contributed by atoms with Crippen LogP contribution in [0, 0.1) is 0 Å². The second-order valence-electron chi connectivity index (χ2n) is 5.65. The van der Waals surface area contributed by atoms with Gasteiger partial charge in [0.2, 0.25) is 10.0 Å². The molecule has 1 amide bonds. The minimum absolute atomic E-state index is 0.100. The third-order valence-corrected chi connectivity index (χ3v) is 6.91. The summed E-state index contributed by atoms with van der Waals surface area (Å²) in [6.07, 6.45) is 3.28. The van der Waals surface area contributed by atoms with E-state index in [1.165, 1.54) is 38.4 Å². The number of nitrogens with one attached hydrogen (secondary N) is 1. The number of amides is 1. The van der Waals surface area contributed by atoms with Crippen LogP contribution >= 0.6 is 22.9 Å². The van der Waals surface area contributed by atoms with Crippen molar-refractivity contribution in [1.82, 2.24) is 14.3 Å². The van der Waals surface area contributed by atoms with E-state index in [9.17, 15) is 13.2 Å². The van der Waals surface area contributed by atoms with Crippen molar-refractivity contribution >= 4 is 44.6 Å². The average molecular weight is 423 g/mol. The molecule has 2 heterocycles. The molecule has 27 heavy (non-hydrogen) atoms. The Morgan fingerprint density at radius 2 is 1.89 bits per heavy atom. The molecule has 2 aromatic heterocycles. The van der Waals surface area contributed by atoms with E-state index in [1.807, 2.05) is 6.07 Å². The topological polar surface area (TPSA) is 92.3 Å². The quantitative estimate of drug-likeness (QED) is 0.680. The fourth-order valence-electron chi connectivity index (χ4n) is 2.16. The molecule has 0 atom stereocenters. The Kier molecular flexibility index (Phi) is 5.56. The van der Waals surface area contributed by atoms with Crippen molar-refractivity contribution in [2.75, 3.05) is 19.4 Å². The third-order valence-electron chi connectivity index (χ3n) is 3.59. The van der Waals surface area contributed by atoms with Gasteiger partial charge >= 0.3 is 0 Å². The first-order chi connectivity index (χ1) is 12.8. The maximum absolute atomic E-state index is 12.5. The zero-order valence-corrected chi connectivity index (χ0v) is 16.8. The van der Waals surface area contributed by atoms with Crippen LogP contribution in [0.5, 0.6) is 0 Å². The summed E-state index contributed by atoms with van der Waals surface area (Å²) in [6.45, 7) is 0. The molecule has 0 bridgehead atoms. The van der Waals surface area contributed by atoms with Gasteiger partial charge in [-0.25, -0.2) is 17.7 Å². The van der Waals surface area contributed by atoms with Crippen molar-refractivity contribution in [3.63, 3.8) is 0 Å². The Balaban J connectivity index is 1.79. The van der Waals surface area contributed by atoms with Gasteiger partial charge in [-0.2, -0.15) is 0 Å². The van der Waals surface area contributed by atoms with Crippen molar-refractivity contribution in [3.8, 4) is 10.6 Å². The summed E-state index contributed by atoms with van der Waals surface area (Å²) in [5.41, 5.74) is 1.21. The van der Waals surface area contributed by atoms with E-state index in [4.69, 9.17) is 11.6 Å². The van der Waals surface area contributed by atoms with Gasteiger partial charge in [-0.05, 0) is 36.4 Å². The Morgan fingerprint density at radius 3 is 2.48 bits per heavy atom. The van der Waals surface area contributed by atoms with Gasteiger partial charge in [0.25, 0.3) is 5.91 Å². The smallest absolute Gasteiger partial charge is 0.268 e. The van der Waals surface area contributed by atoms with Crippen LogP contribution in [-0.2, 0) is 10.0 Å². The van der Waals surface area contributed by atoms with Gasteiger partial charge in [0.05, 0.1) is 4.90 Å². The Labute approximate surface area is 165 Å². The van der Waals surface area contributed by atoms with E-state index in [2.05, 4.69) is 15.3 Å². The van der Waals surface area contributed by atoms with Crippen LogP contribution in [0.3, 0.4) is 0 Å². The van der Waals surface area contributed by atoms with Crippen LogP contribution in [-0.4, -0.2) is 42.7 Å². The highest BCUT2D eigenvalue weighted by atomic mass is 35.5. The van der Waals surface area contributed by atoms with Crippen LogP contribution in [0.25, 0.3) is 10.6 Å². The number of anilines is 1. The Morgan fingerprint density at radius 1 is 1.19 bits per heavy atom. The van der Waals surface area contributed by atoms with E-state index in [0.29, 0.717) is 10.7 Å². The predicted octanol–water partition coefficient (Wildman–Crippen LogP) is 3.36. The molecule has 0 saturated heterocycles. The molecule has 0 fully saturated rings. The van der Waals surface area contributed by atoms with Crippen LogP contribution < -0.4 is 5.32 Å². The predicted molar refractivity (Wildman–Crippen MR) is 106 cm³/mol. The molecule has 3 rings (SSSR count). The molecule has 0 radical (unpaired) electrons. The van der Waals surface area contributed by atoms with E-state index in [1.54, 1.807) is 18.5 Å². The summed E-state index contributed by atoms with van der Waals surface area (Å²) in [5, 5.41) is 3.38. The molecule has 140 valence electrons. The lowest BCUT2D eigenvalue weighted by Gasteiger charge is -2.11. The number of sulfonamides is 1. The number of carbonyl (C=O) groups excluding carboxylic acids is 1. The molecule has 0 saturated carbocycles. The summed E-state index contributed by atoms with van der Waals surface area (Å²) < 4.78 is 25.3. The summed E-state index contributed by atoms with van der Waals surface area (Å²) in [4.78, 5) is 21.1. The number of benzene rings is 1. The Hall–Kier alpha value is -2.33. The lowest BCUT2D eigenvalue weighted by atomic mass is 10.3. The van der Waals surface area contributed by atoms with E-state index < -0.39 is 15.9 Å². The first-order valence-corrected chi connectivity index (χ1v) is 10.3. The lowest BCUT2D eigenvalue weighted by Crippen LogP contribution is -2.22. The number of hydrogen-bond acceptors (Lipinski definition) is 6. The van der Waals surface area contributed by atoms with E-state index in [0.717, 1.165) is 21.2 Å². The molecule has 0 aliphatic carbocycles. The number of hydrogen-bond donors (Lipinski definition) is 1. The molecule has 3 aromatic rings. The lowest BCUT2D eigenvalue weighted by molar-refractivity contribution is 0.103. The molecular weight excluding hydrogens is 408 g/mol. The van der Waals surface area contributed by atoms with E-state index in [-0.39, 0.29) is 14.9 Å². The van der Waals surface area contributed by atoms with Crippen LogP contribution in [0.4, 0.5) is 5.69 Å². The largest absolute Gasteiger partial charge is 0.321 e. The normalized spacial score (nSPS) is 11.6. The summed E-state index contributed by atoms with van der Waals surface area (Å²) in [6, 6.07) is 9.50. The monoisotopic (exact) mass is 422 g/mol. The number of nitrogens with zero attached hydrogens (tertiary/aromatic N) is 3. The van der Waals surface area contributed by atoms with Gasteiger partial charge in [-0.15, -0.1) is 11.3 Å². The molecule has 0 aliphatic heterocycles. The van der Waals surface area contributed by atoms with Gasteiger partial charge in [0, 0.05) is 37.7 Å². The summed E-state index contributed by atoms with van der Waals surface area (Å²) >= 11 is 7.26. The van der Waals surface area contributed by atoms with Crippen LogP contribution in [0.2, 0.25) is 5.15 Å². The van der Waals surface area contributed by atoms with Crippen molar-refractivity contribution in [1.29, 1.82) is 0 Å². The fourth-order valence-corrected chi connectivity index (χ4v) is 4.24. The SMILES string of the molecule is CN(C)S(=O)(=O)c1ccc(NC(=O)c2sc(-c3cccnc3)nc2Cl)cc1. The molecule has 0 aliphatic rings. The molecule has 10 heteroatoms. The first kappa shape index (κ1) is 19.4. The second kappa shape index (κ2) is 7.73. The zero-order valence-electron chi connectivity index (χ0n) is 14.4. The summed E-state index contributed by atoms with van der Waals surface area (Å²) in [5.74, 6) is -0.421.